The largest absolute Gasteiger partial charge is 0.497 e. The highest BCUT2D eigenvalue weighted by Gasteiger charge is 2.44. The number of amides is 2. The number of rotatable bonds is 6. The second kappa shape index (κ2) is 10.0. The maximum absolute atomic E-state index is 12.7. The van der Waals surface area contributed by atoms with Crippen LogP contribution in [0.5, 0.6) is 5.75 Å². The molecule has 2 saturated heterocycles. The Morgan fingerprint density at radius 2 is 1.97 bits per heavy atom. The third-order valence-corrected chi connectivity index (χ3v) is 6.19. The number of hydrogen-bond acceptors (Lipinski definition) is 10. The zero-order chi connectivity index (χ0) is 22.7. The van der Waals surface area contributed by atoms with Gasteiger partial charge in [-0.15, -0.1) is 0 Å². The van der Waals surface area contributed by atoms with Gasteiger partial charge in [0.25, 0.3) is 5.91 Å². The first-order chi connectivity index (χ1) is 14.7. The van der Waals surface area contributed by atoms with Crippen molar-refractivity contribution in [2.24, 2.45) is 0 Å². The molecular formula is C19H22N2O8S2. The van der Waals surface area contributed by atoms with Gasteiger partial charge < -0.3 is 35.2 Å². The van der Waals surface area contributed by atoms with Crippen LogP contribution in [0.1, 0.15) is 5.56 Å². The van der Waals surface area contributed by atoms with E-state index in [1.165, 1.54) is 0 Å². The Kier molecular flexibility index (Phi) is 7.64. The predicted octanol–water partition coefficient (Wildman–Crippen LogP) is -1.19. The smallest absolute Gasteiger partial charge is 0.266 e. The molecule has 2 aliphatic rings. The number of thioether (sulfide) groups is 1. The number of benzene rings is 1. The van der Waals surface area contributed by atoms with E-state index in [1.807, 2.05) is 0 Å². The summed E-state index contributed by atoms with van der Waals surface area (Å²) in [6, 6.07) is 5.69. The number of carbonyl (C=O) groups excluding carboxylic acids is 2. The van der Waals surface area contributed by atoms with Crippen LogP contribution in [0.3, 0.4) is 0 Å². The summed E-state index contributed by atoms with van der Waals surface area (Å²) in [6.45, 7) is -1.06. The summed E-state index contributed by atoms with van der Waals surface area (Å²) in [5.41, 5.74) is 0.753. The van der Waals surface area contributed by atoms with Gasteiger partial charge in [-0.1, -0.05) is 36.1 Å². The number of carbonyl (C=O) groups is 2. The van der Waals surface area contributed by atoms with Crippen molar-refractivity contribution in [3.8, 4) is 5.75 Å². The number of aliphatic hydroxyl groups is 4. The fourth-order valence-corrected chi connectivity index (χ4v) is 4.37. The van der Waals surface area contributed by atoms with Crippen LogP contribution >= 0.6 is 24.0 Å². The predicted molar refractivity (Wildman–Crippen MR) is 115 cm³/mol. The first-order valence-corrected chi connectivity index (χ1v) is 10.5. The second-order valence-corrected chi connectivity index (χ2v) is 8.54. The molecule has 31 heavy (non-hydrogen) atoms. The van der Waals surface area contributed by atoms with E-state index >= 15 is 0 Å². The maximum Gasteiger partial charge on any atom is 0.266 e. The van der Waals surface area contributed by atoms with Gasteiger partial charge in [-0.25, -0.2) is 0 Å². The van der Waals surface area contributed by atoms with Crippen molar-refractivity contribution in [1.29, 1.82) is 0 Å². The summed E-state index contributed by atoms with van der Waals surface area (Å²) >= 11 is 6.25. The molecule has 0 spiro atoms. The molecule has 2 aliphatic heterocycles. The number of methoxy groups -OCH3 is 1. The van der Waals surface area contributed by atoms with E-state index in [2.05, 4.69) is 5.32 Å². The van der Waals surface area contributed by atoms with Crippen LogP contribution in [0.2, 0.25) is 0 Å². The molecule has 1 aromatic carbocycles. The highest BCUT2D eigenvalue weighted by molar-refractivity contribution is 8.26. The monoisotopic (exact) mass is 470 g/mol. The van der Waals surface area contributed by atoms with Crippen LogP contribution in [0.25, 0.3) is 6.08 Å². The van der Waals surface area contributed by atoms with E-state index in [1.54, 1.807) is 37.5 Å². The average Bonchev–Trinajstić information content (AvgIpc) is 3.01. The van der Waals surface area contributed by atoms with Crippen molar-refractivity contribution in [1.82, 2.24) is 10.2 Å². The first kappa shape index (κ1) is 23.6. The molecule has 0 aliphatic carbocycles. The number of aliphatic hydroxyl groups excluding tert-OH is 4. The fourth-order valence-electron chi connectivity index (χ4n) is 3.12. The average molecular weight is 471 g/mol. The molecule has 5 N–H and O–H groups in total. The zero-order valence-corrected chi connectivity index (χ0v) is 18.0. The number of hydrogen-bond donors (Lipinski definition) is 5. The van der Waals surface area contributed by atoms with Crippen molar-refractivity contribution in [3.63, 3.8) is 0 Å². The van der Waals surface area contributed by atoms with Gasteiger partial charge in [0.15, 0.2) is 6.29 Å². The quantitative estimate of drug-likeness (QED) is 0.254. The molecule has 0 unspecified atom stereocenters. The van der Waals surface area contributed by atoms with E-state index in [0.29, 0.717) is 10.7 Å². The number of nitrogens with one attached hydrogen (secondary N) is 1. The topological polar surface area (TPSA) is 149 Å². The van der Waals surface area contributed by atoms with Gasteiger partial charge in [-0.3, -0.25) is 14.5 Å². The third kappa shape index (κ3) is 5.23. The van der Waals surface area contributed by atoms with E-state index in [-0.39, 0.29) is 4.32 Å². The zero-order valence-electron chi connectivity index (χ0n) is 16.4. The van der Waals surface area contributed by atoms with Crippen molar-refractivity contribution in [2.75, 3.05) is 20.3 Å². The molecule has 0 bridgehead atoms. The van der Waals surface area contributed by atoms with E-state index in [4.69, 9.17) is 26.8 Å². The van der Waals surface area contributed by atoms with Crippen LogP contribution in [-0.4, -0.2) is 92.4 Å². The van der Waals surface area contributed by atoms with Gasteiger partial charge in [0.2, 0.25) is 5.91 Å². The van der Waals surface area contributed by atoms with Crippen LogP contribution in [0.15, 0.2) is 29.2 Å². The number of ether oxygens (including phenoxy) is 2. The van der Waals surface area contributed by atoms with Crippen LogP contribution in [0.4, 0.5) is 0 Å². The number of thiocarbonyl (C=S) groups is 1. The summed E-state index contributed by atoms with van der Waals surface area (Å²) < 4.78 is 10.3. The third-order valence-electron chi connectivity index (χ3n) is 4.82. The lowest BCUT2D eigenvalue weighted by Gasteiger charge is -2.40. The standard InChI is InChI=1S/C19H22N2O8S2/c1-28-10-4-2-9(3-5-10)6-12-17(26)21(19(30)31-12)7-13(23)20-14-16(25)15(24)11(8-22)29-18(14)27/h2-6,11,14-16,18,22,24-25,27H,7-8H2,1H3,(H,20,23)/b12-6-/t11-,14+,15-,16-,18-/m1/s1. The Balaban J connectivity index is 1.64. The van der Waals surface area contributed by atoms with Crippen molar-refractivity contribution < 1.29 is 39.5 Å². The molecular weight excluding hydrogens is 448 g/mol. The molecule has 3 rings (SSSR count). The molecule has 2 heterocycles. The Morgan fingerprint density at radius 1 is 1.29 bits per heavy atom. The minimum Gasteiger partial charge on any atom is -0.497 e. The normalized spacial score (nSPS) is 30.0. The van der Waals surface area contributed by atoms with Crippen molar-refractivity contribution in [2.45, 2.75) is 30.6 Å². The van der Waals surface area contributed by atoms with Gasteiger partial charge in [-0.05, 0) is 23.8 Å². The Hall–Kier alpha value is -2.06. The van der Waals surface area contributed by atoms with E-state index < -0.39 is 55.6 Å². The Bertz CT molecular complexity index is 878. The number of nitrogens with zero attached hydrogens (tertiary/aromatic N) is 1. The van der Waals surface area contributed by atoms with Gasteiger partial charge >= 0.3 is 0 Å². The molecule has 0 aromatic heterocycles. The summed E-state index contributed by atoms with van der Waals surface area (Å²) in [5.74, 6) is -0.501. The van der Waals surface area contributed by atoms with Crippen LogP contribution < -0.4 is 10.1 Å². The highest BCUT2D eigenvalue weighted by Crippen LogP contribution is 2.32. The maximum atomic E-state index is 12.7. The fraction of sp³-hybridized carbons (Fsp3) is 0.421. The molecule has 0 radical (unpaired) electrons. The molecule has 12 heteroatoms. The van der Waals surface area contributed by atoms with Gasteiger partial charge in [-0.2, -0.15) is 0 Å². The molecule has 168 valence electrons. The molecule has 2 amide bonds. The molecule has 2 fully saturated rings. The summed E-state index contributed by atoms with van der Waals surface area (Å²) in [7, 11) is 1.55. The highest BCUT2D eigenvalue weighted by atomic mass is 32.2. The van der Waals surface area contributed by atoms with Crippen LogP contribution in [-0.2, 0) is 14.3 Å². The minimum absolute atomic E-state index is 0.182. The lowest BCUT2D eigenvalue weighted by Crippen LogP contribution is -2.64. The van der Waals surface area contributed by atoms with Gasteiger partial charge in [0.1, 0.15) is 41.0 Å². The summed E-state index contributed by atoms with van der Waals surface area (Å²) in [5, 5.41) is 41.4. The van der Waals surface area contributed by atoms with Gasteiger partial charge in [0, 0.05) is 0 Å². The lowest BCUT2D eigenvalue weighted by molar-refractivity contribution is -0.253. The molecule has 1 aromatic rings. The summed E-state index contributed by atoms with van der Waals surface area (Å²) in [4.78, 5) is 26.5. The van der Waals surface area contributed by atoms with Crippen molar-refractivity contribution in [3.05, 3.63) is 34.7 Å². The summed E-state index contributed by atoms with van der Waals surface area (Å²) in [6.07, 6.45) is -4.29. The van der Waals surface area contributed by atoms with Crippen LogP contribution in [0, 0.1) is 0 Å². The minimum atomic E-state index is -1.65. The second-order valence-electron chi connectivity index (χ2n) is 6.86. The lowest BCUT2D eigenvalue weighted by atomic mass is 9.97. The molecule has 5 atom stereocenters. The SMILES string of the molecule is COc1ccc(/C=C2\SC(=S)N(CC(=O)N[C@H]3[C@@H](O)[C@H](O)[C@@H](CO)O[C@H]3O)C2=O)cc1. The molecule has 0 saturated carbocycles. The Morgan fingerprint density at radius 3 is 2.58 bits per heavy atom. The first-order valence-electron chi connectivity index (χ1n) is 9.24. The van der Waals surface area contributed by atoms with Crippen molar-refractivity contribution >= 4 is 46.2 Å². The van der Waals surface area contributed by atoms with E-state index in [0.717, 1.165) is 22.2 Å². The molecule has 10 nitrogen and oxygen atoms in total. The van der Waals surface area contributed by atoms with Gasteiger partial charge in [0.05, 0.1) is 18.6 Å². The van der Waals surface area contributed by atoms with E-state index in [9.17, 15) is 24.9 Å². The Labute approximate surface area is 187 Å².